The Morgan fingerprint density at radius 3 is 2.76 bits per heavy atom. The van der Waals surface area contributed by atoms with Crippen molar-refractivity contribution in [1.29, 1.82) is 0 Å². The zero-order valence-corrected chi connectivity index (χ0v) is 13.5. The Labute approximate surface area is 140 Å². The molecule has 0 aliphatic rings. The van der Waals surface area contributed by atoms with Gasteiger partial charge in [-0.2, -0.15) is 23.0 Å². The molecule has 0 saturated heterocycles. The molecule has 3 aromatic rings. The number of aromatic nitrogens is 6. The number of tetrazole rings is 1. The van der Waals surface area contributed by atoms with Crippen molar-refractivity contribution >= 4 is 0 Å². The van der Waals surface area contributed by atoms with Crippen LogP contribution in [0.3, 0.4) is 0 Å². The van der Waals surface area contributed by atoms with Gasteiger partial charge in [0.2, 0.25) is 11.7 Å². The fraction of sp³-hybridized carbons (Fsp3) is 0.400. The second-order valence-electron chi connectivity index (χ2n) is 5.92. The maximum absolute atomic E-state index is 12.8. The molecule has 0 N–H and O–H groups in total. The van der Waals surface area contributed by atoms with Gasteiger partial charge in [-0.3, -0.25) is 0 Å². The maximum Gasteiger partial charge on any atom is 0.416 e. The number of rotatable bonds is 5. The van der Waals surface area contributed by atoms with E-state index in [1.54, 1.807) is 0 Å². The molecule has 3 rings (SSSR count). The molecule has 1 aromatic carbocycles. The van der Waals surface area contributed by atoms with Crippen LogP contribution in [0.15, 0.2) is 28.8 Å². The first kappa shape index (κ1) is 17.1. The normalized spacial score (nSPS) is 12.1. The van der Waals surface area contributed by atoms with Crippen molar-refractivity contribution in [3.05, 3.63) is 41.5 Å². The molecule has 2 heterocycles. The minimum atomic E-state index is -4.43. The second-order valence-corrected chi connectivity index (χ2v) is 5.92. The Hall–Kier alpha value is -2.78. The van der Waals surface area contributed by atoms with Gasteiger partial charge >= 0.3 is 6.18 Å². The topological polar surface area (TPSA) is 82.5 Å². The van der Waals surface area contributed by atoms with Gasteiger partial charge in [0.1, 0.15) is 6.54 Å². The predicted molar refractivity (Wildman–Crippen MR) is 80.2 cm³/mol. The third kappa shape index (κ3) is 4.20. The van der Waals surface area contributed by atoms with Crippen LogP contribution in [-0.2, 0) is 19.1 Å². The molecule has 0 atom stereocenters. The van der Waals surface area contributed by atoms with E-state index in [1.165, 1.54) is 16.9 Å². The van der Waals surface area contributed by atoms with E-state index in [0.717, 1.165) is 12.1 Å². The molecule has 0 spiro atoms. The van der Waals surface area contributed by atoms with Gasteiger partial charge in [0, 0.05) is 12.0 Å². The summed E-state index contributed by atoms with van der Waals surface area (Å²) in [5.41, 5.74) is -0.535. The summed E-state index contributed by atoms with van der Waals surface area (Å²) in [5.74, 6) is 1.37. The molecule has 0 aliphatic carbocycles. The number of nitrogens with zero attached hydrogens (tertiary/aromatic N) is 6. The zero-order valence-electron chi connectivity index (χ0n) is 13.5. The van der Waals surface area contributed by atoms with E-state index >= 15 is 0 Å². The lowest BCUT2D eigenvalue weighted by molar-refractivity contribution is -0.137. The molecular formula is C15H15F3N6O. The summed E-state index contributed by atoms with van der Waals surface area (Å²) in [7, 11) is 0. The van der Waals surface area contributed by atoms with Crippen LogP contribution in [0.25, 0.3) is 11.4 Å². The van der Waals surface area contributed by atoms with Crippen molar-refractivity contribution in [1.82, 2.24) is 30.3 Å². The van der Waals surface area contributed by atoms with Crippen molar-refractivity contribution in [2.45, 2.75) is 33.0 Å². The van der Waals surface area contributed by atoms with Crippen molar-refractivity contribution in [2.24, 2.45) is 5.92 Å². The molecule has 0 radical (unpaired) electrons. The summed E-state index contributed by atoms with van der Waals surface area (Å²) in [4.78, 5) is 5.43. The highest BCUT2D eigenvalue weighted by atomic mass is 19.4. The number of hydrogen-bond donors (Lipinski definition) is 0. The van der Waals surface area contributed by atoms with E-state index in [0.29, 0.717) is 24.1 Å². The fourth-order valence-electron chi connectivity index (χ4n) is 2.17. The van der Waals surface area contributed by atoms with Gasteiger partial charge in [-0.1, -0.05) is 31.1 Å². The first-order chi connectivity index (χ1) is 11.8. The summed E-state index contributed by atoms with van der Waals surface area (Å²) in [6.07, 6.45) is -3.77. The van der Waals surface area contributed by atoms with Crippen LogP contribution in [0.4, 0.5) is 13.2 Å². The van der Waals surface area contributed by atoms with E-state index < -0.39 is 11.7 Å². The quantitative estimate of drug-likeness (QED) is 0.702. The van der Waals surface area contributed by atoms with E-state index in [9.17, 15) is 13.2 Å². The van der Waals surface area contributed by atoms with Crippen LogP contribution in [0.2, 0.25) is 0 Å². The average molecular weight is 352 g/mol. The first-order valence-corrected chi connectivity index (χ1v) is 7.58. The zero-order chi connectivity index (χ0) is 18.0. The van der Waals surface area contributed by atoms with E-state index in [-0.39, 0.29) is 17.9 Å². The molecule has 7 nitrogen and oxygen atoms in total. The monoisotopic (exact) mass is 352 g/mol. The molecular weight excluding hydrogens is 337 g/mol. The second kappa shape index (κ2) is 6.61. The summed E-state index contributed by atoms with van der Waals surface area (Å²) in [6.45, 7) is 4.18. The van der Waals surface area contributed by atoms with Crippen LogP contribution >= 0.6 is 0 Å². The average Bonchev–Trinajstić information content (AvgIpc) is 3.16. The Bertz CT molecular complexity index is 855. The van der Waals surface area contributed by atoms with Gasteiger partial charge in [-0.15, -0.1) is 10.2 Å². The smallest absolute Gasteiger partial charge is 0.339 e. The Morgan fingerprint density at radius 2 is 2.04 bits per heavy atom. The van der Waals surface area contributed by atoms with Gasteiger partial charge in [-0.25, -0.2) is 0 Å². The highest BCUT2D eigenvalue weighted by Crippen LogP contribution is 2.31. The largest absolute Gasteiger partial charge is 0.416 e. The molecule has 0 bridgehead atoms. The third-order valence-corrected chi connectivity index (χ3v) is 3.28. The Morgan fingerprint density at radius 1 is 1.24 bits per heavy atom. The summed E-state index contributed by atoms with van der Waals surface area (Å²) in [5, 5.41) is 15.5. The number of alkyl halides is 3. The third-order valence-electron chi connectivity index (χ3n) is 3.28. The van der Waals surface area contributed by atoms with Gasteiger partial charge in [0.15, 0.2) is 5.82 Å². The van der Waals surface area contributed by atoms with Crippen LogP contribution in [0.5, 0.6) is 0 Å². The van der Waals surface area contributed by atoms with Crippen LogP contribution in [0.1, 0.15) is 31.1 Å². The lowest BCUT2D eigenvalue weighted by Gasteiger charge is -2.06. The molecule has 0 amide bonds. The van der Waals surface area contributed by atoms with Gasteiger partial charge in [0.25, 0.3) is 0 Å². The number of hydrogen-bond acceptors (Lipinski definition) is 6. The highest BCUT2D eigenvalue weighted by Gasteiger charge is 2.30. The van der Waals surface area contributed by atoms with E-state index in [2.05, 4.69) is 25.6 Å². The van der Waals surface area contributed by atoms with E-state index in [4.69, 9.17) is 4.52 Å². The van der Waals surface area contributed by atoms with Gasteiger partial charge in [0.05, 0.1) is 5.56 Å². The van der Waals surface area contributed by atoms with Crippen molar-refractivity contribution in [3.8, 4) is 11.4 Å². The summed E-state index contributed by atoms with van der Waals surface area (Å²) >= 11 is 0. The molecule has 0 aliphatic heterocycles. The molecule has 25 heavy (non-hydrogen) atoms. The molecule has 0 saturated carbocycles. The van der Waals surface area contributed by atoms with Crippen molar-refractivity contribution in [2.75, 3.05) is 0 Å². The summed E-state index contributed by atoms with van der Waals surface area (Å²) < 4.78 is 43.5. The van der Waals surface area contributed by atoms with Gasteiger partial charge in [-0.05, 0) is 23.3 Å². The minimum Gasteiger partial charge on any atom is -0.339 e. The summed E-state index contributed by atoms with van der Waals surface area (Å²) in [6, 6.07) is 4.77. The first-order valence-electron chi connectivity index (χ1n) is 7.58. The SMILES string of the molecule is CC(C)Cc1nc(Cn2nnc(-c3cccc(C(F)(F)F)c3)n2)no1. The molecule has 0 fully saturated rings. The van der Waals surface area contributed by atoms with Crippen LogP contribution in [-0.4, -0.2) is 30.3 Å². The lowest BCUT2D eigenvalue weighted by Crippen LogP contribution is -2.06. The molecule has 10 heteroatoms. The molecule has 132 valence electrons. The van der Waals surface area contributed by atoms with Crippen molar-refractivity contribution < 1.29 is 17.7 Å². The molecule has 0 unspecified atom stereocenters. The van der Waals surface area contributed by atoms with Crippen LogP contribution < -0.4 is 0 Å². The predicted octanol–water partition coefficient (Wildman–Crippen LogP) is 2.99. The minimum absolute atomic E-state index is 0.0944. The van der Waals surface area contributed by atoms with Crippen molar-refractivity contribution in [3.63, 3.8) is 0 Å². The van der Waals surface area contributed by atoms with Crippen LogP contribution in [0, 0.1) is 5.92 Å². The molecule has 2 aromatic heterocycles. The number of halogens is 3. The number of benzene rings is 1. The van der Waals surface area contributed by atoms with E-state index in [1.807, 2.05) is 13.8 Å². The standard InChI is InChI=1S/C15H15F3N6O/c1-9(2)6-13-19-12(22-25-13)8-24-21-14(20-23-24)10-4-3-5-11(7-10)15(16,17)18/h3-5,7,9H,6,8H2,1-2H3. The maximum atomic E-state index is 12.8. The van der Waals surface area contributed by atoms with Gasteiger partial charge < -0.3 is 4.52 Å². The fourth-order valence-corrected chi connectivity index (χ4v) is 2.17. The Kier molecular flexibility index (Phi) is 4.51. The highest BCUT2D eigenvalue weighted by molar-refractivity contribution is 5.55. The Balaban J connectivity index is 1.75. The lowest BCUT2D eigenvalue weighted by atomic mass is 10.1.